The molecule has 0 saturated carbocycles. The summed E-state index contributed by atoms with van der Waals surface area (Å²) in [6.45, 7) is 5.24. The van der Waals surface area contributed by atoms with Crippen LogP contribution < -0.4 is 4.90 Å². The van der Waals surface area contributed by atoms with E-state index in [2.05, 4.69) is 4.90 Å². The number of halogens is 1. The Balaban J connectivity index is 1.52. The fourth-order valence-corrected chi connectivity index (χ4v) is 4.38. The molecule has 28 heavy (non-hydrogen) atoms. The number of carbonyl (C=O) groups excluding carboxylic acids is 2. The molecule has 146 valence electrons. The summed E-state index contributed by atoms with van der Waals surface area (Å²) in [5.74, 6) is 0.0465. The smallest absolute Gasteiger partial charge is 0.250 e. The summed E-state index contributed by atoms with van der Waals surface area (Å²) in [4.78, 5) is 31.9. The van der Waals surface area contributed by atoms with Crippen LogP contribution in [0.3, 0.4) is 0 Å². The first-order valence-electron chi connectivity index (χ1n) is 9.75. The van der Waals surface area contributed by atoms with E-state index in [1.807, 2.05) is 60.4 Å². The molecular weight excluding hydrogens is 374 g/mol. The molecule has 0 spiro atoms. The second-order valence-electron chi connectivity index (χ2n) is 7.25. The van der Waals surface area contributed by atoms with E-state index >= 15 is 0 Å². The van der Waals surface area contributed by atoms with Gasteiger partial charge in [0.25, 0.3) is 0 Å². The number of likely N-dealkylation sites (N-methyl/N-ethyl adjacent to an activating group) is 1. The number of hydrogen-bond donors (Lipinski definition) is 0. The van der Waals surface area contributed by atoms with Crippen molar-refractivity contribution < 1.29 is 9.59 Å². The summed E-state index contributed by atoms with van der Waals surface area (Å²) < 4.78 is 0. The number of amides is 2. The van der Waals surface area contributed by atoms with Gasteiger partial charge in [-0.2, -0.15) is 0 Å². The molecule has 4 rings (SSSR count). The van der Waals surface area contributed by atoms with Gasteiger partial charge in [-0.05, 0) is 36.2 Å². The molecular formula is C22H24ClN3O2. The molecule has 0 aromatic heterocycles. The SMILES string of the molecule is CCN1C(=O)Cc2ccccc2C1C(=O)N1CCN(c2cccc(Cl)c2)CC1. The van der Waals surface area contributed by atoms with E-state index in [4.69, 9.17) is 11.6 Å². The van der Waals surface area contributed by atoms with Crippen molar-refractivity contribution in [3.05, 3.63) is 64.7 Å². The average molecular weight is 398 g/mol. The summed E-state index contributed by atoms with van der Waals surface area (Å²) in [5.41, 5.74) is 3.01. The molecule has 1 unspecified atom stereocenters. The minimum Gasteiger partial charge on any atom is -0.368 e. The van der Waals surface area contributed by atoms with Gasteiger partial charge in [-0.15, -0.1) is 0 Å². The largest absolute Gasteiger partial charge is 0.368 e. The molecule has 5 nitrogen and oxygen atoms in total. The number of nitrogens with zero attached hydrogens (tertiary/aromatic N) is 3. The van der Waals surface area contributed by atoms with Gasteiger partial charge in [0.15, 0.2) is 0 Å². The van der Waals surface area contributed by atoms with Crippen molar-refractivity contribution in [3.8, 4) is 0 Å². The lowest BCUT2D eigenvalue weighted by molar-refractivity contribution is -0.147. The summed E-state index contributed by atoms with van der Waals surface area (Å²) in [6.07, 6.45) is 0.371. The average Bonchev–Trinajstić information content (AvgIpc) is 2.72. The molecule has 2 aromatic rings. The monoisotopic (exact) mass is 397 g/mol. The fourth-order valence-electron chi connectivity index (χ4n) is 4.19. The number of anilines is 1. The van der Waals surface area contributed by atoms with Crippen LogP contribution in [0.1, 0.15) is 24.1 Å². The molecule has 2 amide bonds. The number of hydrogen-bond acceptors (Lipinski definition) is 3. The molecule has 0 N–H and O–H groups in total. The summed E-state index contributed by atoms with van der Waals surface area (Å²) in [7, 11) is 0. The molecule has 2 aromatic carbocycles. The van der Waals surface area contributed by atoms with Gasteiger partial charge in [0.1, 0.15) is 6.04 Å². The Bertz CT molecular complexity index is 893. The Morgan fingerprint density at radius 3 is 2.54 bits per heavy atom. The van der Waals surface area contributed by atoms with Crippen molar-refractivity contribution in [2.75, 3.05) is 37.6 Å². The quantitative estimate of drug-likeness (QED) is 0.799. The molecule has 2 aliphatic heterocycles. The summed E-state index contributed by atoms with van der Waals surface area (Å²) in [5, 5.41) is 0.715. The van der Waals surface area contributed by atoms with Gasteiger partial charge in [0.2, 0.25) is 11.8 Å². The van der Waals surface area contributed by atoms with Gasteiger partial charge < -0.3 is 14.7 Å². The van der Waals surface area contributed by atoms with Crippen molar-refractivity contribution in [2.24, 2.45) is 0 Å². The Labute approximate surface area is 170 Å². The number of fused-ring (bicyclic) bond motifs is 1. The molecule has 6 heteroatoms. The zero-order valence-electron chi connectivity index (χ0n) is 16.0. The Morgan fingerprint density at radius 1 is 1.07 bits per heavy atom. The van der Waals surface area contributed by atoms with Crippen LogP contribution in [-0.4, -0.2) is 54.3 Å². The van der Waals surface area contributed by atoms with E-state index in [9.17, 15) is 9.59 Å². The third-order valence-electron chi connectivity index (χ3n) is 5.66. The zero-order chi connectivity index (χ0) is 19.7. The van der Waals surface area contributed by atoms with Crippen molar-refractivity contribution in [3.63, 3.8) is 0 Å². The Morgan fingerprint density at radius 2 is 1.82 bits per heavy atom. The first-order valence-corrected chi connectivity index (χ1v) is 10.1. The maximum atomic E-state index is 13.4. The third-order valence-corrected chi connectivity index (χ3v) is 5.90. The molecule has 0 bridgehead atoms. The number of benzene rings is 2. The van der Waals surface area contributed by atoms with Crippen molar-refractivity contribution in [2.45, 2.75) is 19.4 Å². The highest BCUT2D eigenvalue weighted by molar-refractivity contribution is 6.30. The lowest BCUT2D eigenvalue weighted by atomic mass is 9.91. The second-order valence-corrected chi connectivity index (χ2v) is 7.69. The zero-order valence-corrected chi connectivity index (χ0v) is 16.7. The fraction of sp³-hybridized carbons (Fsp3) is 0.364. The van der Waals surface area contributed by atoms with Crippen molar-refractivity contribution in [1.82, 2.24) is 9.80 Å². The number of piperazine rings is 1. The minimum atomic E-state index is -0.514. The Kier molecular flexibility index (Phi) is 5.27. The highest BCUT2D eigenvalue weighted by Crippen LogP contribution is 2.32. The molecule has 1 saturated heterocycles. The van der Waals surface area contributed by atoms with Crippen LogP contribution in [0.5, 0.6) is 0 Å². The molecule has 2 heterocycles. The van der Waals surface area contributed by atoms with Crippen LogP contribution in [0.4, 0.5) is 5.69 Å². The van der Waals surface area contributed by atoms with E-state index in [0.717, 1.165) is 29.9 Å². The lowest BCUT2D eigenvalue weighted by Crippen LogP contribution is -2.54. The van der Waals surface area contributed by atoms with Gasteiger partial charge in [-0.25, -0.2) is 0 Å². The van der Waals surface area contributed by atoms with Crippen molar-refractivity contribution in [1.29, 1.82) is 0 Å². The third kappa shape index (κ3) is 3.47. The standard InChI is InChI=1S/C22H24ClN3O2/c1-2-26-20(27)14-16-6-3-4-9-19(16)21(26)22(28)25-12-10-24(11-13-25)18-8-5-7-17(23)15-18/h3-9,15,21H,2,10-14H2,1H3. The second kappa shape index (κ2) is 7.84. The maximum Gasteiger partial charge on any atom is 0.250 e. The predicted molar refractivity (Wildman–Crippen MR) is 111 cm³/mol. The van der Waals surface area contributed by atoms with E-state index in [-0.39, 0.29) is 11.8 Å². The highest BCUT2D eigenvalue weighted by atomic mass is 35.5. The van der Waals surface area contributed by atoms with E-state index in [1.54, 1.807) is 4.90 Å². The predicted octanol–water partition coefficient (Wildman–Crippen LogP) is 3.13. The van der Waals surface area contributed by atoms with Crippen LogP contribution >= 0.6 is 11.6 Å². The molecule has 1 atom stereocenters. The topological polar surface area (TPSA) is 43.9 Å². The number of carbonyl (C=O) groups is 2. The van der Waals surface area contributed by atoms with E-state index < -0.39 is 6.04 Å². The minimum absolute atomic E-state index is 0.0214. The van der Waals surface area contributed by atoms with Gasteiger partial charge >= 0.3 is 0 Å². The van der Waals surface area contributed by atoms with Gasteiger partial charge in [-0.1, -0.05) is 41.9 Å². The maximum absolute atomic E-state index is 13.4. The first-order chi connectivity index (χ1) is 13.6. The Hall–Kier alpha value is -2.53. The lowest BCUT2D eigenvalue weighted by Gasteiger charge is -2.41. The van der Waals surface area contributed by atoms with Crippen LogP contribution in [-0.2, 0) is 16.0 Å². The van der Waals surface area contributed by atoms with Gasteiger partial charge in [0, 0.05) is 43.4 Å². The highest BCUT2D eigenvalue weighted by Gasteiger charge is 2.39. The molecule has 0 radical (unpaired) electrons. The van der Waals surface area contributed by atoms with Crippen LogP contribution in [0, 0.1) is 0 Å². The van der Waals surface area contributed by atoms with E-state index in [0.29, 0.717) is 31.1 Å². The number of rotatable bonds is 3. The van der Waals surface area contributed by atoms with E-state index in [1.165, 1.54) is 0 Å². The van der Waals surface area contributed by atoms with Crippen LogP contribution in [0.15, 0.2) is 48.5 Å². The molecule has 2 aliphatic rings. The molecule has 1 fully saturated rings. The summed E-state index contributed by atoms with van der Waals surface area (Å²) >= 11 is 6.11. The van der Waals surface area contributed by atoms with Crippen LogP contribution in [0.25, 0.3) is 0 Å². The summed E-state index contributed by atoms with van der Waals surface area (Å²) in [6, 6.07) is 15.1. The van der Waals surface area contributed by atoms with Crippen LogP contribution in [0.2, 0.25) is 5.02 Å². The van der Waals surface area contributed by atoms with Gasteiger partial charge in [0.05, 0.1) is 6.42 Å². The van der Waals surface area contributed by atoms with Crippen molar-refractivity contribution >= 4 is 29.1 Å². The first kappa shape index (κ1) is 18.8. The van der Waals surface area contributed by atoms with Gasteiger partial charge in [-0.3, -0.25) is 9.59 Å². The molecule has 0 aliphatic carbocycles. The normalized spacial score (nSPS) is 19.6.